The second-order valence-corrected chi connectivity index (χ2v) is 6.06. The molecule has 0 radical (unpaired) electrons. The highest BCUT2D eigenvalue weighted by atomic mass is 35.5. The van der Waals surface area contributed by atoms with Gasteiger partial charge in [-0.3, -0.25) is 4.79 Å². The highest BCUT2D eigenvalue weighted by molar-refractivity contribution is 6.21. The summed E-state index contributed by atoms with van der Waals surface area (Å²) in [7, 11) is 1.86. The third-order valence-corrected chi connectivity index (χ3v) is 4.75. The van der Waals surface area contributed by atoms with E-state index in [0.717, 1.165) is 37.0 Å². The van der Waals surface area contributed by atoms with Crippen LogP contribution in [0, 0.1) is 20.8 Å². The van der Waals surface area contributed by atoms with Crippen molar-refractivity contribution >= 4 is 17.5 Å². The van der Waals surface area contributed by atoms with E-state index in [1.165, 1.54) is 0 Å². The smallest absolute Gasteiger partial charge is 0.257 e. The third-order valence-electron chi connectivity index (χ3n) is 4.24. The molecule has 106 valence electrons. The number of aryl methyl sites for hydroxylation is 2. The summed E-state index contributed by atoms with van der Waals surface area (Å²) in [5, 5.41) is 0.0660. The first-order valence-electron chi connectivity index (χ1n) is 6.91. The molecule has 2 unspecified atom stereocenters. The van der Waals surface area contributed by atoms with Crippen molar-refractivity contribution in [3.8, 4) is 0 Å². The minimum atomic E-state index is 0.0319. The Hall–Kier alpha value is -0.960. The van der Waals surface area contributed by atoms with Gasteiger partial charge in [0.1, 0.15) is 11.5 Å². The quantitative estimate of drug-likeness (QED) is 0.773. The molecule has 1 aromatic heterocycles. The molecular formula is C15H22ClNO2. The Kier molecular flexibility index (Phi) is 4.24. The summed E-state index contributed by atoms with van der Waals surface area (Å²) in [5.41, 5.74) is 1.64. The normalized spacial score (nSPS) is 23.4. The number of hydrogen-bond acceptors (Lipinski definition) is 2. The molecule has 2 atom stereocenters. The van der Waals surface area contributed by atoms with Gasteiger partial charge in [0, 0.05) is 18.7 Å². The monoisotopic (exact) mass is 283 g/mol. The van der Waals surface area contributed by atoms with Gasteiger partial charge in [-0.05, 0) is 33.6 Å². The van der Waals surface area contributed by atoms with Crippen molar-refractivity contribution in [2.75, 3.05) is 7.05 Å². The number of hydrogen-bond donors (Lipinski definition) is 0. The Morgan fingerprint density at radius 1 is 1.21 bits per heavy atom. The highest BCUT2D eigenvalue weighted by Gasteiger charge is 2.32. The van der Waals surface area contributed by atoms with E-state index in [2.05, 4.69) is 0 Å². The molecule has 0 aromatic carbocycles. The van der Waals surface area contributed by atoms with Crippen molar-refractivity contribution in [1.82, 2.24) is 4.90 Å². The molecule has 4 heteroatoms. The maximum atomic E-state index is 12.7. The Labute approximate surface area is 119 Å². The van der Waals surface area contributed by atoms with Gasteiger partial charge in [0.2, 0.25) is 0 Å². The lowest BCUT2D eigenvalue weighted by Gasteiger charge is -2.35. The predicted octanol–water partition coefficient (Wildman–Crippen LogP) is 3.83. The van der Waals surface area contributed by atoms with E-state index in [1.54, 1.807) is 4.90 Å². The standard InChI is InChI=1S/C15H22ClNO2/c1-9-10(2)19-11(3)14(9)15(18)17(4)13-8-6-5-7-12(13)16/h12-13H,5-8H2,1-4H3. The van der Waals surface area contributed by atoms with Crippen LogP contribution in [0.15, 0.2) is 4.42 Å². The molecule has 0 saturated heterocycles. The van der Waals surface area contributed by atoms with Crippen LogP contribution in [0.5, 0.6) is 0 Å². The minimum Gasteiger partial charge on any atom is -0.466 e. The van der Waals surface area contributed by atoms with Crippen LogP contribution in [0.1, 0.15) is 53.1 Å². The topological polar surface area (TPSA) is 33.5 Å². The van der Waals surface area contributed by atoms with Crippen molar-refractivity contribution in [3.05, 3.63) is 22.6 Å². The number of amides is 1. The number of rotatable bonds is 2. The van der Waals surface area contributed by atoms with Crippen LogP contribution in [-0.2, 0) is 0 Å². The fraction of sp³-hybridized carbons (Fsp3) is 0.667. The lowest BCUT2D eigenvalue weighted by atomic mass is 9.93. The van der Waals surface area contributed by atoms with E-state index < -0.39 is 0 Å². The number of alkyl halides is 1. The summed E-state index contributed by atoms with van der Waals surface area (Å²) in [6.45, 7) is 5.68. The molecule has 3 nitrogen and oxygen atoms in total. The molecule has 2 rings (SSSR count). The lowest BCUT2D eigenvalue weighted by molar-refractivity contribution is 0.0698. The minimum absolute atomic E-state index is 0.0319. The molecule has 1 saturated carbocycles. The molecule has 1 aliphatic rings. The van der Waals surface area contributed by atoms with E-state index >= 15 is 0 Å². The van der Waals surface area contributed by atoms with Gasteiger partial charge >= 0.3 is 0 Å². The van der Waals surface area contributed by atoms with Gasteiger partial charge in [0.25, 0.3) is 5.91 Å². The average molecular weight is 284 g/mol. The Balaban J connectivity index is 2.23. The maximum Gasteiger partial charge on any atom is 0.257 e. The first kappa shape index (κ1) is 14.4. The van der Waals surface area contributed by atoms with Gasteiger partial charge < -0.3 is 9.32 Å². The fourth-order valence-corrected chi connectivity index (χ4v) is 3.39. The second kappa shape index (κ2) is 5.58. The zero-order valence-electron chi connectivity index (χ0n) is 12.1. The van der Waals surface area contributed by atoms with Crippen molar-refractivity contribution in [3.63, 3.8) is 0 Å². The van der Waals surface area contributed by atoms with Crippen LogP contribution in [0.2, 0.25) is 0 Å². The summed E-state index contributed by atoms with van der Waals surface area (Å²) >= 11 is 6.38. The van der Waals surface area contributed by atoms with Crippen LogP contribution < -0.4 is 0 Å². The molecule has 1 fully saturated rings. The molecule has 19 heavy (non-hydrogen) atoms. The SMILES string of the molecule is Cc1oc(C)c(C(=O)N(C)C2CCCCC2Cl)c1C. The maximum absolute atomic E-state index is 12.7. The molecule has 1 aromatic rings. The number of carbonyl (C=O) groups is 1. The van der Waals surface area contributed by atoms with Gasteiger partial charge in [0.05, 0.1) is 10.9 Å². The van der Waals surface area contributed by atoms with Crippen molar-refractivity contribution in [1.29, 1.82) is 0 Å². The molecule has 0 spiro atoms. The van der Waals surface area contributed by atoms with Gasteiger partial charge in [-0.1, -0.05) is 12.8 Å². The Morgan fingerprint density at radius 2 is 1.84 bits per heavy atom. The molecule has 0 N–H and O–H groups in total. The zero-order chi connectivity index (χ0) is 14.2. The highest BCUT2D eigenvalue weighted by Crippen LogP contribution is 2.29. The summed E-state index contributed by atoms with van der Waals surface area (Å²) in [4.78, 5) is 14.5. The number of nitrogens with zero attached hydrogens (tertiary/aromatic N) is 1. The largest absolute Gasteiger partial charge is 0.466 e. The average Bonchev–Trinajstić information content (AvgIpc) is 2.62. The summed E-state index contributed by atoms with van der Waals surface area (Å²) < 4.78 is 5.55. The summed E-state index contributed by atoms with van der Waals surface area (Å²) in [6.07, 6.45) is 4.29. The van der Waals surface area contributed by atoms with Crippen LogP contribution in [0.3, 0.4) is 0 Å². The lowest BCUT2D eigenvalue weighted by Crippen LogP contribution is -2.44. The molecule has 1 heterocycles. The molecule has 1 aliphatic carbocycles. The van der Waals surface area contributed by atoms with E-state index in [-0.39, 0.29) is 17.3 Å². The van der Waals surface area contributed by atoms with Gasteiger partial charge in [0.15, 0.2) is 0 Å². The molecule has 1 amide bonds. The van der Waals surface area contributed by atoms with Crippen LogP contribution in [0.25, 0.3) is 0 Å². The van der Waals surface area contributed by atoms with E-state index in [4.69, 9.17) is 16.0 Å². The summed E-state index contributed by atoms with van der Waals surface area (Å²) in [6, 6.07) is 0.136. The number of carbonyl (C=O) groups excluding carboxylic acids is 1. The molecular weight excluding hydrogens is 262 g/mol. The van der Waals surface area contributed by atoms with E-state index in [1.807, 2.05) is 27.8 Å². The van der Waals surface area contributed by atoms with E-state index in [9.17, 15) is 4.79 Å². The second-order valence-electron chi connectivity index (χ2n) is 5.50. The Morgan fingerprint density at radius 3 is 2.37 bits per heavy atom. The van der Waals surface area contributed by atoms with Gasteiger partial charge in [-0.2, -0.15) is 0 Å². The number of halogens is 1. The van der Waals surface area contributed by atoms with Crippen LogP contribution in [0.4, 0.5) is 0 Å². The zero-order valence-corrected chi connectivity index (χ0v) is 12.9. The first-order chi connectivity index (χ1) is 8.93. The van der Waals surface area contributed by atoms with Crippen molar-refractivity contribution in [2.45, 2.75) is 57.9 Å². The Bertz CT molecular complexity index is 481. The fourth-order valence-electron chi connectivity index (χ4n) is 2.94. The molecule has 0 bridgehead atoms. The predicted molar refractivity (Wildman–Crippen MR) is 76.9 cm³/mol. The van der Waals surface area contributed by atoms with Crippen molar-refractivity contribution in [2.24, 2.45) is 0 Å². The van der Waals surface area contributed by atoms with E-state index in [0.29, 0.717) is 11.3 Å². The third kappa shape index (κ3) is 2.66. The van der Waals surface area contributed by atoms with Crippen LogP contribution >= 0.6 is 11.6 Å². The van der Waals surface area contributed by atoms with Gasteiger partial charge in [-0.15, -0.1) is 11.6 Å². The summed E-state index contributed by atoms with van der Waals surface area (Å²) in [5.74, 6) is 1.55. The first-order valence-corrected chi connectivity index (χ1v) is 7.35. The van der Waals surface area contributed by atoms with Crippen molar-refractivity contribution < 1.29 is 9.21 Å². The molecule has 0 aliphatic heterocycles. The van der Waals surface area contributed by atoms with Gasteiger partial charge in [-0.25, -0.2) is 0 Å². The number of furan rings is 1. The van der Waals surface area contributed by atoms with Crippen LogP contribution in [-0.4, -0.2) is 29.3 Å².